The molecule has 0 spiro atoms. The number of phenols is 1. The number of nitrogens with zero attached hydrogens (tertiary/aromatic N) is 3. The molecule has 1 amide bonds. The van der Waals surface area contributed by atoms with Gasteiger partial charge in [-0.05, 0) is 50.3 Å². The van der Waals surface area contributed by atoms with Gasteiger partial charge in [0.05, 0.1) is 22.5 Å². The Hall–Kier alpha value is -3.07. The van der Waals surface area contributed by atoms with Gasteiger partial charge in [-0.15, -0.1) is 0 Å². The first-order valence-corrected chi connectivity index (χ1v) is 10.2. The lowest BCUT2D eigenvalue weighted by molar-refractivity contribution is 0.0961. The fourth-order valence-electron chi connectivity index (χ4n) is 3.92. The number of carbonyl (C=O) groups is 1. The van der Waals surface area contributed by atoms with Gasteiger partial charge in [0.1, 0.15) is 29.8 Å². The van der Waals surface area contributed by atoms with Gasteiger partial charge < -0.3 is 15.0 Å². The van der Waals surface area contributed by atoms with Crippen molar-refractivity contribution in [3.05, 3.63) is 62.4 Å². The number of aromatic nitrogens is 2. The number of fused-ring (bicyclic) bond motifs is 1. The van der Waals surface area contributed by atoms with E-state index in [1.807, 2.05) is 4.57 Å². The molecule has 0 fully saturated rings. The highest BCUT2D eigenvalue weighted by atomic mass is 35.5. The van der Waals surface area contributed by atoms with Gasteiger partial charge in [0.25, 0.3) is 5.91 Å². The number of imidazole rings is 1. The fourth-order valence-corrected chi connectivity index (χ4v) is 4.16. The number of amides is 1. The average Bonchev–Trinajstić information content (AvgIpc) is 3.11. The molecule has 0 atom stereocenters. The molecule has 0 radical (unpaired) electrons. The van der Waals surface area contributed by atoms with Crippen molar-refractivity contribution in [3.8, 4) is 17.1 Å². The predicted molar refractivity (Wildman–Crippen MR) is 110 cm³/mol. The molecule has 1 aromatic carbocycles. The van der Waals surface area contributed by atoms with Crippen molar-refractivity contribution in [3.63, 3.8) is 0 Å². The van der Waals surface area contributed by atoms with E-state index in [0.29, 0.717) is 31.5 Å². The number of nitrogens with one attached hydrogen (secondary N) is 1. The predicted octanol–water partition coefficient (Wildman–Crippen LogP) is 4.82. The summed E-state index contributed by atoms with van der Waals surface area (Å²) in [6, 6.07) is 1.98. The summed E-state index contributed by atoms with van der Waals surface area (Å²) in [7, 11) is 0. The maximum Gasteiger partial charge on any atom is 0.259 e. The number of halogens is 3. The molecular formula is C21H19ClF2N4O3. The summed E-state index contributed by atoms with van der Waals surface area (Å²) in [5.74, 6) is -2.58. The van der Waals surface area contributed by atoms with E-state index >= 15 is 4.39 Å². The Kier molecular flexibility index (Phi) is 5.86. The largest absolute Gasteiger partial charge is 0.507 e. The van der Waals surface area contributed by atoms with Crippen LogP contribution in [0.3, 0.4) is 0 Å². The lowest BCUT2D eigenvalue weighted by Crippen LogP contribution is -2.25. The number of hydrogen-bond donors (Lipinski definition) is 2. The number of hydrogen-bond acceptors (Lipinski definition) is 5. The topological polar surface area (TPSA) is 96.6 Å². The van der Waals surface area contributed by atoms with Gasteiger partial charge in [-0.2, -0.15) is 4.91 Å². The van der Waals surface area contributed by atoms with E-state index < -0.39 is 23.3 Å². The van der Waals surface area contributed by atoms with Crippen LogP contribution >= 0.6 is 11.6 Å². The van der Waals surface area contributed by atoms with Crippen molar-refractivity contribution in [1.29, 1.82) is 0 Å². The number of aromatic hydroxyl groups is 1. The molecule has 10 heteroatoms. The van der Waals surface area contributed by atoms with Crippen LogP contribution in [0.1, 0.15) is 47.4 Å². The SMILES string of the molecule is O=NCc1nc(-c2cc(O)c(C(=O)NC3=C(Cl)CCC=C3F)cc2F)n2c1CCCC2. The molecule has 2 aromatic rings. The molecule has 31 heavy (non-hydrogen) atoms. The van der Waals surface area contributed by atoms with Crippen LogP contribution < -0.4 is 5.32 Å². The monoisotopic (exact) mass is 448 g/mol. The van der Waals surface area contributed by atoms with Crippen molar-refractivity contribution in [2.45, 2.75) is 45.2 Å². The Bertz CT molecular complexity index is 1140. The number of carbonyl (C=O) groups excluding carboxylic acids is 1. The molecule has 0 bridgehead atoms. The molecule has 1 aliphatic heterocycles. The Morgan fingerprint density at radius 1 is 1.29 bits per heavy atom. The van der Waals surface area contributed by atoms with Crippen molar-refractivity contribution in [2.75, 3.05) is 0 Å². The third-order valence-electron chi connectivity index (χ3n) is 5.42. The maximum absolute atomic E-state index is 15.0. The minimum atomic E-state index is -0.891. The van der Waals surface area contributed by atoms with Gasteiger partial charge in [-0.25, -0.2) is 13.8 Å². The quantitative estimate of drug-likeness (QED) is 0.640. The molecule has 0 saturated carbocycles. The minimum Gasteiger partial charge on any atom is -0.507 e. The van der Waals surface area contributed by atoms with Crippen LogP contribution in [0.2, 0.25) is 0 Å². The third kappa shape index (κ3) is 3.97. The zero-order valence-electron chi connectivity index (χ0n) is 16.4. The minimum absolute atomic E-state index is 0.00432. The highest BCUT2D eigenvalue weighted by Crippen LogP contribution is 2.34. The van der Waals surface area contributed by atoms with E-state index in [1.165, 1.54) is 6.08 Å². The molecule has 0 saturated heterocycles. The summed E-state index contributed by atoms with van der Waals surface area (Å²) in [5.41, 5.74) is 0.747. The normalized spacial score (nSPS) is 16.0. The molecule has 162 valence electrons. The Morgan fingerprint density at radius 2 is 2.10 bits per heavy atom. The first-order valence-electron chi connectivity index (χ1n) is 9.87. The van der Waals surface area contributed by atoms with E-state index in [4.69, 9.17) is 11.6 Å². The molecule has 2 aliphatic rings. The second kappa shape index (κ2) is 8.58. The average molecular weight is 449 g/mol. The van der Waals surface area contributed by atoms with Gasteiger partial charge in [0.15, 0.2) is 0 Å². The molecule has 1 aromatic heterocycles. The van der Waals surface area contributed by atoms with Crippen molar-refractivity contribution in [2.24, 2.45) is 5.18 Å². The molecule has 2 heterocycles. The molecular weight excluding hydrogens is 430 g/mol. The first kappa shape index (κ1) is 21.2. The standard InChI is InChI=1S/C21H19ClF2N4O3/c22-13-4-3-5-14(23)19(13)27-21(30)12-8-15(24)11(9-18(12)29)20-26-16(10-25-31)17-6-1-2-7-28(17)20/h5,8-9,29H,1-4,6-7,10H2,(H,27,30). The Morgan fingerprint density at radius 3 is 2.84 bits per heavy atom. The lowest BCUT2D eigenvalue weighted by Gasteiger charge is -2.18. The van der Waals surface area contributed by atoms with Crippen LogP contribution in [-0.2, 0) is 19.5 Å². The van der Waals surface area contributed by atoms with Gasteiger partial charge in [-0.3, -0.25) is 4.79 Å². The van der Waals surface area contributed by atoms with E-state index in [9.17, 15) is 19.2 Å². The molecule has 2 N–H and O–H groups in total. The van der Waals surface area contributed by atoms with Crippen LogP contribution in [0.15, 0.2) is 39.9 Å². The zero-order valence-corrected chi connectivity index (χ0v) is 17.2. The van der Waals surface area contributed by atoms with Gasteiger partial charge >= 0.3 is 0 Å². The first-order chi connectivity index (χ1) is 14.9. The van der Waals surface area contributed by atoms with E-state index in [2.05, 4.69) is 15.5 Å². The van der Waals surface area contributed by atoms with Crippen LogP contribution in [0, 0.1) is 10.7 Å². The van der Waals surface area contributed by atoms with Gasteiger partial charge in [-0.1, -0.05) is 16.8 Å². The van der Waals surface area contributed by atoms with Crippen LogP contribution in [-0.4, -0.2) is 20.6 Å². The molecule has 1 aliphatic carbocycles. The van der Waals surface area contributed by atoms with Crippen LogP contribution in [0.4, 0.5) is 8.78 Å². The fraction of sp³-hybridized carbons (Fsp3) is 0.333. The smallest absolute Gasteiger partial charge is 0.259 e. The summed E-state index contributed by atoms with van der Waals surface area (Å²) in [6.45, 7) is 0.468. The summed E-state index contributed by atoms with van der Waals surface area (Å²) >= 11 is 5.99. The summed E-state index contributed by atoms with van der Waals surface area (Å²) < 4.78 is 30.8. The highest BCUT2D eigenvalue weighted by molar-refractivity contribution is 6.30. The van der Waals surface area contributed by atoms with E-state index in [-0.39, 0.29) is 34.2 Å². The van der Waals surface area contributed by atoms with Crippen molar-refractivity contribution in [1.82, 2.24) is 14.9 Å². The highest BCUT2D eigenvalue weighted by Gasteiger charge is 2.26. The number of phenolic OH excluding ortho intramolecular Hbond substituents is 1. The number of rotatable bonds is 5. The molecule has 0 unspecified atom stereocenters. The van der Waals surface area contributed by atoms with Crippen molar-refractivity contribution >= 4 is 17.5 Å². The summed E-state index contributed by atoms with van der Waals surface area (Å²) in [4.78, 5) is 27.7. The summed E-state index contributed by atoms with van der Waals surface area (Å²) in [6.07, 6.45) is 4.56. The number of nitroso groups, excluding NO2 is 1. The molecule has 4 rings (SSSR count). The Labute approximate surface area is 181 Å². The van der Waals surface area contributed by atoms with Crippen molar-refractivity contribution < 1.29 is 18.7 Å². The lowest BCUT2D eigenvalue weighted by atomic mass is 10.1. The zero-order chi connectivity index (χ0) is 22.1. The van der Waals surface area contributed by atoms with Crippen LogP contribution in [0.25, 0.3) is 11.4 Å². The Balaban J connectivity index is 1.69. The van der Waals surface area contributed by atoms with E-state index in [0.717, 1.165) is 30.7 Å². The maximum atomic E-state index is 15.0. The van der Waals surface area contributed by atoms with E-state index in [1.54, 1.807) is 0 Å². The van der Waals surface area contributed by atoms with Gasteiger partial charge in [0.2, 0.25) is 0 Å². The van der Waals surface area contributed by atoms with Crippen LogP contribution in [0.5, 0.6) is 5.75 Å². The molecule has 7 nitrogen and oxygen atoms in total. The summed E-state index contributed by atoms with van der Waals surface area (Å²) in [5, 5.41) is 15.8. The second-order valence-corrected chi connectivity index (χ2v) is 7.85. The third-order valence-corrected chi connectivity index (χ3v) is 5.80. The number of allylic oxidation sites excluding steroid dienone is 3. The number of benzene rings is 1. The second-order valence-electron chi connectivity index (χ2n) is 7.40. The van der Waals surface area contributed by atoms with Gasteiger partial charge in [0, 0.05) is 17.3 Å².